The summed E-state index contributed by atoms with van der Waals surface area (Å²) >= 11 is 0. The van der Waals surface area contributed by atoms with E-state index < -0.39 is 11.6 Å². The van der Waals surface area contributed by atoms with Crippen LogP contribution in [0, 0.1) is 11.6 Å². The third-order valence-electron chi connectivity index (χ3n) is 4.11. The van der Waals surface area contributed by atoms with E-state index in [1.165, 1.54) is 18.9 Å². The van der Waals surface area contributed by atoms with E-state index in [1.54, 1.807) is 0 Å². The molecule has 0 saturated carbocycles. The number of unbranched alkanes of at least 4 members (excludes halogenated alkanes) is 1. The van der Waals surface area contributed by atoms with Crippen LogP contribution in [0.2, 0.25) is 0 Å². The van der Waals surface area contributed by atoms with Crippen molar-refractivity contribution in [3.63, 3.8) is 0 Å². The molecule has 140 valence electrons. The Hall–Kier alpha value is -0.620. The number of benzene rings is 1. The highest BCUT2D eigenvalue weighted by molar-refractivity contribution is 5.85. The molecule has 1 saturated heterocycles. The molecule has 2 rings (SSSR count). The van der Waals surface area contributed by atoms with Crippen molar-refractivity contribution in [3.8, 4) is 5.75 Å². The van der Waals surface area contributed by atoms with E-state index in [0.717, 1.165) is 51.2 Å². The van der Waals surface area contributed by atoms with Crippen molar-refractivity contribution in [3.05, 3.63) is 29.8 Å². The number of likely N-dealkylation sites (tertiary alicyclic amines) is 1. The number of nitrogens with zero attached hydrogens (tertiary/aromatic N) is 1. The van der Waals surface area contributed by atoms with Crippen molar-refractivity contribution < 1.29 is 13.5 Å². The number of piperidine rings is 1. The van der Waals surface area contributed by atoms with Crippen LogP contribution in [0.15, 0.2) is 18.2 Å². The quantitative estimate of drug-likeness (QED) is 0.684. The molecule has 0 bridgehead atoms. The fourth-order valence-electron chi connectivity index (χ4n) is 2.84. The zero-order valence-corrected chi connectivity index (χ0v) is 15.7. The first-order chi connectivity index (χ1) is 10.7. The molecule has 0 aliphatic carbocycles. The standard InChI is InChI=1S/C17H26F2N2O.2ClH/c1-2-20-14-7-10-21(11-8-14)9-3-4-12-22-15-5-6-16(18)17(19)13-15;;/h5-6,13-14,20H,2-4,7-12H2,1H3;2*1H. The third kappa shape index (κ3) is 7.97. The van der Waals surface area contributed by atoms with Crippen molar-refractivity contribution in [1.82, 2.24) is 10.2 Å². The van der Waals surface area contributed by atoms with Crippen molar-refractivity contribution >= 4 is 24.8 Å². The molecule has 0 aromatic heterocycles. The Kier molecular flexibility index (Phi) is 12.4. The summed E-state index contributed by atoms with van der Waals surface area (Å²) in [6.07, 6.45) is 4.43. The second-order valence-corrected chi connectivity index (χ2v) is 5.81. The van der Waals surface area contributed by atoms with Gasteiger partial charge in [-0.05, 0) is 64.0 Å². The molecule has 1 aromatic carbocycles. The van der Waals surface area contributed by atoms with Gasteiger partial charge >= 0.3 is 0 Å². The second kappa shape index (κ2) is 12.7. The summed E-state index contributed by atoms with van der Waals surface area (Å²) in [5.74, 6) is -1.31. The molecule has 0 radical (unpaired) electrons. The molecule has 0 spiro atoms. The normalized spacial score (nSPS) is 15.5. The summed E-state index contributed by atoms with van der Waals surface area (Å²) in [4.78, 5) is 2.49. The molecule has 0 unspecified atom stereocenters. The van der Waals surface area contributed by atoms with E-state index >= 15 is 0 Å². The lowest BCUT2D eigenvalue weighted by Gasteiger charge is -2.32. The minimum absolute atomic E-state index is 0. The van der Waals surface area contributed by atoms with Gasteiger partial charge < -0.3 is 15.0 Å². The zero-order valence-electron chi connectivity index (χ0n) is 14.1. The topological polar surface area (TPSA) is 24.5 Å². The van der Waals surface area contributed by atoms with E-state index in [4.69, 9.17) is 4.74 Å². The van der Waals surface area contributed by atoms with E-state index in [-0.39, 0.29) is 24.8 Å². The fraction of sp³-hybridized carbons (Fsp3) is 0.647. The van der Waals surface area contributed by atoms with Gasteiger partial charge in [0.25, 0.3) is 0 Å². The Bertz CT molecular complexity index is 458. The summed E-state index contributed by atoms with van der Waals surface area (Å²) in [5, 5.41) is 3.50. The van der Waals surface area contributed by atoms with Crippen LogP contribution in [-0.2, 0) is 0 Å². The Balaban J connectivity index is 0.00000264. The van der Waals surface area contributed by atoms with E-state index in [0.29, 0.717) is 18.4 Å². The highest BCUT2D eigenvalue weighted by atomic mass is 35.5. The van der Waals surface area contributed by atoms with Gasteiger partial charge in [0, 0.05) is 12.1 Å². The molecule has 1 aromatic rings. The van der Waals surface area contributed by atoms with Crippen molar-refractivity contribution in [2.45, 2.75) is 38.6 Å². The average molecular weight is 385 g/mol. The molecule has 1 N–H and O–H groups in total. The number of ether oxygens (including phenoxy) is 1. The van der Waals surface area contributed by atoms with Crippen LogP contribution in [0.4, 0.5) is 8.78 Å². The first-order valence-electron chi connectivity index (χ1n) is 8.22. The third-order valence-corrected chi connectivity index (χ3v) is 4.11. The van der Waals surface area contributed by atoms with Crippen LogP contribution in [0.3, 0.4) is 0 Å². The lowest BCUT2D eigenvalue weighted by atomic mass is 10.0. The molecule has 24 heavy (non-hydrogen) atoms. The van der Waals surface area contributed by atoms with Gasteiger partial charge in [-0.3, -0.25) is 0 Å². The van der Waals surface area contributed by atoms with Crippen LogP contribution in [0.5, 0.6) is 5.75 Å². The Morgan fingerprint density at radius 1 is 1.12 bits per heavy atom. The van der Waals surface area contributed by atoms with Crippen molar-refractivity contribution in [2.24, 2.45) is 0 Å². The maximum atomic E-state index is 13.0. The first-order valence-corrected chi connectivity index (χ1v) is 8.22. The largest absolute Gasteiger partial charge is 0.493 e. The summed E-state index contributed by atoms with van der Waals surface area (Å²) < 4.78 is 31.2. The minimum Gasteiger partial charge on any atom is -0.493 e. The van der Waals surface area contributed by atoms with Crippen LogP contribution >= 0.6 is 24.8 Å². The molecule has 1 aliphatic rings. The molecule has 0 amide bonds. The molecule has 7 heteroatoms. The van der Waals surface area contributed by atoms with Gasteiger partial charge in [-0.15, -0.1) is 24.8 Å². The van der Waals surface area contributed by atoms with Crippen LogP contribution in [0.25, 0.3) is 0 Å². The Labute approximate surface area is 156 Å². The monoisotopic (exact) mass is 384 g/mol. The predicted molar refractivity (Wildman–Crippen MR) is 98.7 cm³/mol. The zero-order chi connectivity index (χ0) is 15.8. The number of hydrogen-bond donors (Lipinski definition) is 1. The van der Waals surface area contributed by atoms with Crippen LogP contribution in [0.1, 0.15) is 32.6 Å². The second-order valence-electron chi connectivity index (χ2n) is 5.81. The Morgan fingerprint density at radius 3 is 2.46 bits per heavy atom. The smallest absolute Gasteiger partial charge is 0.162 e. The summed E-state index contributed by atoms with van der Waals surface area (Å²) in [7, 11) is 0. The molecule has 3 nitrogen and oxygen atoms in total. The van der Waals surface area contributed by atoms with E-state index in [1.807, 2.05) is 0 Å². The van der Waals surface area contributed by atoms with Crippen molar-refractivity contribution in [1.29, 1.82) is 0 Å². The highest BCUT2D eigenvalue weighted by Crippen LogP contribution is 2.16. The molecule has 1 fully saturated rings. The van der Waals surface area contributed by atoms with Gasteiger partial charge in [0.05, 0.1) is 6.61 Å². The summed E-state index contributed by atoms with van der Waals surface area (Å²) in [6.45, 7) is 7.13. The fourth-order valence-corrected chi connectivity index (χ4v) is 2.84. The Morgan fingerprint density at radius 2 is 1.83 bits per heavy atom. The van der Waals surface area contributed by atoms with E-state index in [9.17, 15) is 8.78 Å². The van der Waals surface area contributed by atoms with Gasteiger partial charge in [-0.25, -0.2) is 8.78 Å². The molecule has 1 aliphatic heterocycles. The van der Waals surface area contributed by atoms with Gasteiger partial charge in [0.1, 0.15) is 5.75 Å². The minimum atomic E-state index is -0.860. The van der Waals surface area contributed by atoms with Crippen LogP contribution in [-0.4, -0.2) is 43.7 Å². The average Bonchev–Trinajstić information content (AvgIpc) is 2.52. The van der Waals surface area contributed by atoms with Gasteiger partial charge in [-0.2, -0.15) is 0 Å². The van der Waals surface area contributed by atoms with E-state index in [2.05, 4.69) is 17.1 Å². The number of rotatable bonds is 8. The lowest BCUT2D eigenvalue weighted by molar-refractivity contribution is 0.190. The molecular formula is C17H28Cl2F2N2O. The van der Waals surface area contributed by atoms with Gasteiger partial charge in [0.2, 0.25) is 0 Å². The van der Waals surface area contributed by atoms with Crippen molar-refractivity contribution in [2.75, 3.05) is 32.8 Å². The summed E-state index contributed by atoms with van der Waals surface area (Å²) in [5.41, 5.74) is 0. The van der Waals surface area contributed by atoms with Crippen LogP contribution < -0.4 is 10.1 Å². The van der Waals surface area contributed by atoms with Gasteiger partial charge in [-0.1, -0.05) is 6.92 Å². The molecule has 1 heterocycles. The molecular weight excluding hydrogens is 357 g/mol. The molecule has 0 atom stereocenters. The van der Waals surface area contributed by atoms with Gasteiger partial charge in [0.15, 0.2) is 11.6 Å². The summed E-state index contributed by atoms with van der Waals surface area (Å²) in [6, 6.07) is 4.34. The predicted octanol–water partition coefficient (Wildman–Crippen LogP) is 4.04. The number of hydrogen-bond acceptors (Lipinski definition) is 3. The maximum absolute atomic E-state index is 13.0. The highest BCUT2D eigenvalue weighted by Gasteiger charge is 2.17. The SMILES string of the molecule is CCNC1CCN(CCCCOc2ccc(F)c(F)c2)CC1.Cl.Cl. The lowest BCUT2D eigenvalue weighted by Crippen LogP contribution is -2.42. The number of halogens is 4. The number of nitrogens with one attached hydrogen (secondary N) is 1. The maximum Gasteiger partial charge on any atom is 0.162 e. The first kappa shape index (κ1) is 23.4.